The first kappa shape index (κ1) is 89.3. The van der Waals surface area contributed by atoms with Gasteiger partial charge < -0.3 is 28.8 Å². The van der Waals surface area contributed by atoms with E-state index in [2.05, 4.69) is 242 Å². The molecular weight excluding hydrogens is 1700 g/mol. The van der Waals surface area contributed by atoms with Crippen LogP contribution in [0.1, 0.15) is 41.5 Å². The lowest BCUT2D eigenvalue weighted by atomic mass is 10.1. The lowest BCUT2D eigenvalue weighted by Crippen LogP contribution is -2.38. The summed E-state index contributed by atoms with van der Waals surface area (Å²) in [4.78, 5) is 33.7. The van der Waals surface area contributed by atoms with Crippen molar-refractivity contribution in [3.63, 3.8) is 0 Å². The second-order valence-corrected chi connectivity index (χ2v) is 33.6. The van der Waals surface area contributed by atoms with E-state index in [0.29, 0.717) is 17.7 Å². The summed E-state index contributed by atoms with van der Waals surface area (Å²) in [6.45, 7) is 18.3. The number of nitrogens with zero attached hydrogens (tertiary/aromatic N) is 17. The second kappa shape index (κ2) is 42.3. The lowest BCUT2D eigenvalue weighted by Gasteiger charge is -2.26. The monoisotopic (exact) mass is 1800 g/mol. The van der Waals surface area contributed by atoms with Crippen LogP contribution < -0.4 is 18.9 Å². The van der Waals surface area contributed by atoms with Gasteiger partial charge in [-0.05, 0) is 247 Å². The Bertz CT molecular complexity index is 7480. The standard InChI is InChI=1S/C26H21ClN4O.C23H23N5O2.C23H22N2O.C20H18N4O.C19H14N2O/c1-17(2)32-22-5-3-18(4-6-22)19-9-12-31-24(16-30-26(31)15-19)21-8-10-28-23(13-21)20-7-11-29-25(27)14-20;1-3-21(30-14-11-27-9-12-29-13-10-27)4-2-18(1)19-6-8-28-22(17-24-23(28)15-19)20-5-7-25-26-16-20;1-17(2)16-26-21-10-8-18(9-11-21)20-12-13-25-22(15-24-23(25)14-20)19-6-4-3-5-7-19;1-14(2)25-18-5-3-15(4-6-18)16-8-10-24-19(13-21-20(24)11-16)17-7-9-22-23-12-17;22-17-8-6-14(7-9-17)16-10-11-21-18(13-20-19(21)12-16)15-4-2-1-3-5-15/h3-17H,1-2H3;1-8,15-17H,9-14H2;3-15,17H,16H2,1-2H3;3-14H,1-2H3;1-13,22H. The Kier molecular flexibility index (Phi) is 27.9. The van der Waals surface area contributed by atoms with Crippen LogP contribution in [0.25, 0.3) is 151 Å². The number of fused-ring (bicyclic) bond motifs is 5. The summed E-state index contributed by atoms with van der Waals surface area (Å²) in [6.07, 6.45) is 30.3. The first-order valence-electron chi connectivity index (χ1n) is 44.8. The van der Waals surface area contributed by atoms with Gasteiger partial charge in [0.1, 0.15) is 68.7 Å². The van der Waals surface area contributed by atoms with Crippen molar-refractivity contribution in [1.82, 2.24) is 82.2 Å². The number of hydrogen-bond acceptors (Lipinski definition) is 18. The molecule has 0 unspecified atom stereocenters. The molecule has 15 heterocycles. The minimum Gasteiger partial charge on any atom is -0.508 e. The maximum absolute atomic E-state index is 9.39. The van der Waals surface area contributed by atoms with Crippen molar-refractivity contribution in [3.8, 4) is 152 Å². The van der Waals surface area contributed by atoms with Crippen LogP contribution in [0.4, 0.5) is 0 Å². The predicted molar refractivity (Wildman–Crippen MR) is 534 cm³/mol. The molecule has 7 aromatic carbocycles. The third-order valence-corrected chi connectivity index (χ3v) is 22.8. The van der Waals surface area contributed by atoms with Crippen molar-refractivity contribution in [3.05, 3.63) is 383 Å². The van der Waals surface area contributed by atoms with Gasteiger partial charge in [-0.25, -0.2) is 29.9 Å². The van der Waals surface area contributed by atoms with E-state index >= 15 is 0 Å². The van der Waals surface area contributed by atoms with Crippen LogP contribution >= 0.6 is 11.6 Å². The van der Waals surface area contributed by atoms with Gasteiger partial charge in [-0.15, -0.1) is 0 Å². The zero-order valence-corrected chi connectivity index (χ0v) is 76.2. The van der Waals surface area contributed by atoms with Crippen LogP contribution in [-0.2, 0) is 4.74 Å². The average molecular weight is 1800 g/mol. The molecule has 0 saturated carbocycles. The van der Waals surface area contributed by atoms with E-state index in [1.54, 1.807) is 49.3 Å². The molecule has 1 saturated heterocycles. The van der Waals surface area contributed by atoms with Crippen LogP contribution in [0.3, 0.4) is 0 Å². The molecule has 135 heavy (non-hydrogen) atoms. The highest BCUT2D eigenvalue weighted by Gasteiger charge is 2.18. The van der Waals surface area contributed by atoms with Crippen molar-refractivity contribution in [2.75, 3.05) is 46.1 Å². The number of ether oxygens (including phenoxy) is 5. The lowest BCUT2D eigenvalue weighted by molar-refractivity contribution is 0.0322. The third kappa shape index (κ3) is 22.1. The highest BCUT2D eigenvalue weighted by atomic mass is 35.5. The fourth-order valence-electron chi connectivity index (χ4n) is 15.8. The fraction of sp³-hybridized carbons (Fsp3) is 0.144. The Hall–Kier alpha value is -16.3. The Balaban J connectivity index is 0.000000113. The van der Waals surface area contributed by atoms with Crippen LogP contribution in [0.2, 0.25) is 5.15 Å². The minimum absolute atomic E-state index is 0.157. The molecule has 24 heteroatoms. The SMILES string of the molecule is CC(C)COc1ccc(-c2ccn3c(-c4ccccc4)cnc3c2)cc1.CC(C)Oc1ccc(-c2ccn3c(-c4ccnc(-c5ccnc(Cl)c5)c4)cnc3c2)cc1.CC(C)Oc1ccc(-c2ccn3c(-c4ccnnc4)cnc3c2)cc1.Oc1ccc(-c2ccn3c(-c4ccccc4)cnc3c2)cc1.c1cc(-c2cnc3cc(-c4ccc(OCCN5CCOCC5)cc4)ccn23)cnn1. The van der Waals surface area contributed by atoms with Gasteiger partial charge in [-0.3, -0.25) is 31.9 Å². The summed E-state index contributed by atoms with van der Waals surface area (Å²) in [5.41, 5.74) is 27.9. The Labute approximate surface area is 787 Å². The molecule has 1 aliphatic rings. The molecule has 14 aromatic heterocycles. The van der Waals surface area contributed by atoms with E-state index in [4.69, 9.17) is 35.3 Å². The summed E-state index contributed by atoms with van der Waals surface area (Å²) >= 11 is 6.05. The van der Waals surface area contributed by atoms with Crippen LogP contribution in [0.5, 0.6) is 28.7 Å². The zero-order valence-electron chi connectivity index (χ0n) is 75.4. The van der Waals surface area contributed by atoms with E-state index in [9.17, 15) is 5.11 Å². The molecule has 0 amide bonds. The highest BCUT2D eigenvalue weighted by molar-refractivity contribution is 6.29. The van der Waals surface area contributed by atoms with E-state index in [1.165, 1.54) is 5.56 Å². The van der Waals surface area contributed by atoms with Gasteiger partial charge in [0.05, 0.1) is 122 Å². The molecule has 0 atom stereocenters. The van der Waals surface area contributed by atoms with Gasteiger partial charge in [0.2, 0.25) is 0 Å². The Morgan fingerprint density at radius 2 is 0.659 bits per heavy atom. The number of hydrogen-bond donors (Lipinski definition) is 1. The van der Waals surface area contributed by atoms with Crippen LogP contribution in [0, 0.1) is 5.92 Å². The number of pyridine rings is 7. The molecule has 1 N–H and O–H groups in total. The smallest absolute Gasteiger partial charge is 0.137 e. The van der Waals surface area contributed by atoms with Crippen LogP contribution in [0.15, 0.2) is 378 Å². The summed E-state index contributed by atoms with van der Waals surface area (Å²) in [6, 6.07) is 93.0. The number of aromatic hydroxyl groups is 1. The molecule has 1 aliphatic heterocycles. The van der Waals surface area contributed by atoms with Gasteiger partial charge in [0, 0.05) is 96.4 Å². The van der Waals surface area contributed by atoms with Crippen molar-refractivity contribution < 1.29 is 28.8 Å². The molecule has 23 nitrogen and oxygen atoms in total. The molecule has 22 rings (SSSR count). The average Bonchev–Trinajstić information content (AvgIpc) is 1.68. The number of phenols is 1. The molecule has 21 aromatic rings. The molecule has 0 radical (unpaired) electrons. The van der Waals surface area contributed by atoms with E-state index in [-0.39, 0.29) is 18.0 Å². The van der Waals surface area contributed by atoms with Crippen molar-refractivity contribution in [2.45, 2.75) is 53.8 Å². The third-order valence-electron chi connectivity index (χ3n) is 22.6. The molecule has 0 bridgehead atoms. The second-order valence-electron chi connectivity index (χ2n) is 33.2. The van der Waals surface area contributed by atoms with E-state index in [0.717, 1.165) is 208 Å². The predicted octanol–water partition coefficient (Wildman–Crippen LogP) is 24.1. The van der Waals surface area contributed by atoms with Crippen molar-refractivity contribution in [1.29, 1.82) is 0 Å². The highest BCUT2D eigenvalue weighted by Crippen LogP contribution is 2.35. The first-order valence-corrected chi connectivity index (χ1v) is 45.2. The molecule has 1 fully saturated rings. The number of rotatable bonds is 22. The van der Waals surface area contributed by atoms with Gasteiger partial charge in [-0.2, -0.15) is 20.4 Å². The van der Waals surface area contributed by atoms with Gasteiger partial charge in [-0.1, -0.05) is 147 Å². The first-order chi connectivity index (χ1) is 66.1. The minimum atomic E-state index is 0.157. The van der Waals surface area contributed by atoms with Crippen molar-refractivity contribution in [2.24, 2.45) is 5.92 Å². The molecule has 0 spiro atoms. The molecule has 0 aliphatic carbocycles. The number of aromatic nitrogens is 16. The topological polar surface area (TPSA) is 233 Å². The summed E-state index contributed by atoms with van der Waals surface area (Å²) < 4.78 is 38.9. The zero-order chi connectivity index (χ0) is 92.4. The maximum atomic E-state index is 9.39. The fourth-order valence-corrected chi connectivity index (χ4v) is 16.0. The molecule has 670 valence electrons. The van der Waals surface area contributed by atoms with E-state index in [1.807, 2.05) is 211 Å². The number of benzene rings is 7. The number of imidazole rings is 5. The summed E-state index contributed by atoms with van der Waals surface area (Å²) in [7, 11) is 0. The summed E-state index contributed by atoms with van der Waals surface area (Å²) in [5.74, 6) is 4.36. The van der Waals surface area contributed by atoms with Crippen molar-refractivity contribution >= 4 is 39.8 Å². The van der Waals surface area contributed by atoms with Gasteiger partial charge >= 0.3 is 0 Å². The maximum Gasteiger partial charge on any atom is 0.137 e. The summed E-state index contributed by atoms with van der Waals surface area (Å²) in [5, 5.41) is 25.4. The Morgan fingerprint density at radius 3 is 1.03 bits per heavy atom. The van der Waals surface area contributed by atoms with Gasteiger partial charge in [0.15, 0.2) is 0 Å². The number of morpholine rings is 1. The van der Waals surface area contributed by atoms with Crippen LogP contribution in [-0.4, -0.2) is 146 Å². The largest absolute Gasteiger partial charge is 0.508 e. The number of phenolic OH excluding ortho intramolecular Hbond substituents is 1. The van der Waals surface area contributed by atoms with Gasteiger partial charge in [0.25, 0.3) is 0 Å². The number of halogens is 1. The Morgan fingerprint density at radius 1 is 0.311 bits per heavy atom. The van der Waals surface area contributed by atoms with E-state index < -0.39 is 0 Å². The molecular formula is C111H98ClN17O6. The normalized spacial score (nSPS) is 12.0. The quantitative estimate of drug-likeness (QED) is 0.0621.